The second-order valence-corrected chi connectivity index (χ2v) is 4.86. The lowest BCUT2D eigenvalue weighted by Gasteiger charge is -2.10. The number of rotatable bonds is 2. The van der Waals surface area contributed by atoms with E-state index in [0.717, 1.165) is 23.1 Å². The summed E-state index contributed by atoms with van der Waals surface area (Å²) in [5.41, 5.74) is 0.734. The summed E-state index contributed by atoms with van der Waals surface area (Å²) in [7, 11) is 0. The van der Waals surface area contributed by atoms with Crippen LogP contribution in [0.2, 0.25) is 0 Å². The molecule has 17 heavy (non-hydrogen) atoms. The summed E-state index contributed by atoms with van der Waals surface area (Å²) in [5, 5.41) is 5.99. The number of thioether (sulfide) groups is 1. The van der Waals surface area contributed by atoms with Gasteiger partial charge in [-0.15, -0.1) is 11.8 Å². The van der Waals surface area contributed by atoms with E-state index < -0.39 is 0 Å². The number of amides is 1. The minimum Gasteiger partial charge on any atom is -0.454 e. The number of anilines is 1. The molecule has 2 aliphatic heterocycles. The molecular weight excluding hydrogens is 240 g/mol. The highest BCUT2D eigenvalue weighted by Crippen LogP contribution is 2.34. The summed E-state index contributed by atoms with van der Waals surface area (Å²) >= 11 is 1.72. The predicted octanol–water partition coefficient (Wildman–Crippen LogP) is 1.02. The molecule has 5 nitrogen and oxygen atoms in total. The van der Waals surface area contributed by atoms with Crippen molar-refractivity contribution in [1.82, 2.24) is 5.32 Å². The van der Waals surface area contributed by atoms with Gasteiger partial charge in [0, 0.05) is 23.4 Å². The molecule has 0 aliphatic carbocycles. The van der Waals surface area contributed by atoms with Crippen LogP contribution in [0.5, 0.6) is 11.5 Å². The molecule has 1 atom stereocenters. The molecule has 1 amide bonds. The first kappa shape index (κ1) is 10.7. The fraction of sp³-hybridized carbons (Fsp3) is 0.364. The molecular formula is C11H12N2O3S. The van der Waals surface area contributed by atoms with Crippen LogP contribution >= 0.6 is 11.8 Å². The quantitative estimate of drug-likeness (QED) is 0.823. The summed E-state index contributed by atoms with van der Waals surface area (Å²) in [6.45, 7) is 0.244. The Bertz CT molecular complexity index is 446. The number of hydrogen-bond acceptors (Lipinski definition) is 5. The van der Waals surface area contributed by atoms with Crippen LogP contribution in [0.25, 0.3) is 0 Å². The van der Waals surface area contributed by atoms with Crippen LogP contribution in [-0.4, -0.2) is 30.4 Å². The van der Waals surface area contributed by atoms with Gasteiger partial charge in [0.15, 0.2) is 11.5 Å². The Morgan fingerprint density at radius 3 is 3.12 bits per heavy atom. The molecule has 1 unspecified atom stereocenters. The van der Waals surface area contributed by atoms with E-state index in [4.69, 9.17) is 9.47 Å². The zero-order valence-corrected chi connectivity index (χ0v) is 9.88. The maximum atomic E-state index is 11.9. The maximum absolute atomic E-state index is 11.9. The third kappa shape index (κ3) is 2.18. The lowest BCUT2D eigenvalue weighted by molar-refractivity contribution is -0.117. The van der Waals surface area contributed by atoms with Gasteiger partial charge in [0.1, 0.15) is 0 Å². The summed E-state index contributed by atoms with van der Waals surface area (Å²) < 4.78 is 10.5. The summed E-state index contributed by atoms with van der Waals surface area (Å²) in [4.78, 5) is 11.9. The molecule has 0 radical (unpaired) electrons. The van der Waals surface area contributed by atoms with Crippen molar-refractivity contribution in [2.45, 2.75) is 6.04 Å². The van der Waals surface area contributed by atoms with Crippen LogP contribution in [0, 0.1) is 0 Å². The molecule has 2 N–H and O–H groups in total. The Labute approximate surface area is 103 Å². The Hall–Kier alpha value is -1.40. The molecule has 2 aliphatic rings. The lowest BCUT2D eigenvalue weighted by atomic mass is 10.2. The monoisotopic (exact) mass is 252 g/mol. The van der Waals surface area contributed by atoms with Gasteiger partial charge in [-0.1, -0.05) is 0 Å². The molecule has 0 aromatic heterocycles. The highest BCUT2D eigenvalue weighted by Gasteiger charge is 2.23. The Kier molecular flexibility index (Phi) is 2.82. The number of hydrogen-bond donors (Lipinski definition) is 2. The first-order valence-electron chi connectivity index (χ1n) is 5.34. The van der Waals surface area contributed by atoms with Crippen molar-refractivity contribution >= 4 is 23.4 Å². The molecule has 1 aromatic carbocycles. The minimum absolute atomic E-state index is 0.00568. The normalized spacial score (nSPS) is 21.5. The molecule has 0 bridgehead atoms. The highest BCUT2D eigenvalue weighted by molar-refractivity contribution is 7.99. The third-order valence-electron chi connectivity index (χ3n) is 2.67. The van der Waals surface area contributed by atoms with Gasteiger partial charge in [0.25, 0.3) is 0 Å². The Morgan fingerprint density at radius 2 is 2.29 bits per heavy atom. The molecule has 3 rings (SSSR count). The summed E-state index contributed by atoms with van der Waals surface area (Å²) in [5.74, 6) is 3.04. The van der Waals surface area contributed by atoms with Crippen molar-refractivity contribution in [1.29, 1.82) is 0 Å². The van der Waals surface area contributed by atoms with E-state index in [2.05, 4.69) is 10.6 Å². The predicted molar refractivity (Wildman–Crippen MR) is 65.4 cm³/mol. The number of carbonyl (C=O) groups is 1. The van der Waals surface area contributed by atoms with Gasteiger partial charge in [-0.05, 0) is 12.1 Å². The van der Waals surface area contributed by atoms with Crippen LogP contribution in [0.15, 0.2) is 18.2 Å². The number of carbonyl (C=O) groups excluding carboxylic acids is 1. The number of benzene rings is 1. The van der Waals surface area contributed by atoms with Gasteiger partial charge in [-0.3, -0.25) is 10.1 Å². The van der Waals surface area contributed by atoms with E-state index in [-0.39, 0.29) is 18.7 Å². The standard InChI is InChI=1S/C11H12N2O3S/c14-11(8-4-17-5-12-8)13-7-1-2-9-10(3-7)16-6-15-9/h1-3,8,12H,4-6H2,(H,13,14). The van der Waals surface area contributed by atoms with E-state index >= 15 is 0 Å². The SMILES string of the molecule is O=C(Nc1ccc2c(c1)OCO2)C1CSCN1. The van der Waals surface area contributed by atoms with Gasteiger partial charge >= 0.3 is 0 Å². The molecule has 90 valence electrons. The first-order chi connectivity index (χ1) is 8.33. The van der Waals surface area contributed by atoms with Crippen molar-refractivity contribution in [2.75, 3.05) is 23.7 Å². The molecule has 1 fully saturated rings. The Balaban J connectivity index is 1.70. The van der Waals surface area contributed by atoms with Gasteiger partial charge in [0.05, 0.1) is 6.04 Å². The van der Waals surface area contributed by atoms with E-state index in [1.54, 1.807) is 23.9 Å². The molecule has 6 heteroatoms. The van der Waals surface area contributed by atoms with Crippen molar-refractivity contribution in [3.05, 3.63) is 18.2 Å². The molecule has 2 heterocycles. The smallest absolute Gasteiger partial charge is 0.242 e. The average molecular weight is 252 g/mol. The van der Waals surface area contributed by atoms with E-state index in [0.29, 0.717) is 5.75 Å². The zero-order chi connectivity index (χ0) is 11.7. The summed E-state index contributed by atoms with van der Waals surface area (Å²) in [6, 6.07) is 5.29. The fourth-order valence-corrected chi connectivity index (χ4v) is 2.71. The largest absolute Gasteiger partial charge is 0.454 e. The van der Waals surface area contributed by atoms with Crippen molar-refractivity contribution in [2.24, 2.45) is 0 Å². The number of fused-ring (bicyclic) bond motifs is 1. The van der Waals surface area contributed by atoms with Crippen LogP contribution in [0.1, 0.15) is 0 Å². The minimum atomic E-state index is -0.106. The van der Waals surface area contributed by atoms with Gasteiger partial charge in [0.2, 0.25) is 12.7 Å². The zero-order valence-electron chi connectivity index (χ0n) is 9.06. The van der Waals surface area contributed by atoms with Gasteiger partial charge in [-0.2, -0.15) is 0 Å². The topological polar surface area (TPSA) is 59.6 Å². The van der Waals surface area contributed by atoms with Crippen LogP contribution in [0.3, 0.4) is 0 Å². The fourth-order valence-electron chi connectivity index (χ4n) is 1.77. The van der Waals surface area contributed by atoms with Gasteiger partial charge in [-0.25, -0.2) is 0 Å². The maximum Gasteiger partial charge on any atom is 0.242 e. The molecule has 1 saturated heterocycles. The van der Waals surface area contributed by atoms with Crippen LogP contribution in [0.4, 0.5) is 5.69 Å². The van der Waals surface area contributed by atoms with Crippen molar-refractivity contribution in [3.63, 3.8) is 0 Å². The van der Waals surface area contributed by atoms with Crippen molar-refractivity contribution < 1.29 is 14.3 Å². The van der Waals surface area contributed by atoms with E-state index in [9.17, 15) is 4.79 Å². The highest BCUT2D eigenvalue weighted by atomic mass is 32.2. The lowest BCUT2D eigenvalue weighted by Crippen LogP contribution is -2.37. The third-order valence-corrected chi connectivity index (χ3v) is 3.61. The second-order valence-electron chi connectivity index (χ2n) is 3.83. The second kappa shape index (κ2) is 4.46. The van der Waals surface area contributed by atoms with Gasteiger partial charge < -0.3 is 14.8 Å². The molecule has 0 spiro atoms. The number of nitrogens with one attached hydrogen (secondary N) is 2. The molecule has 0 saturated carbocycles. The first-order valence-corrected chi connectivity index (χ1v) is 6.50. The average Bonchev–Trinajstić information content (AvgIpc) is 2.99. The number of ether oxygens (including phenoxy) is 2. The van der Waals surface area contributed by atoms with Crippen molar-refractivity contribution in [3.8, 4) is 11.5 Å². The Morgan fingerprint density at radius 1 is 1.41 bits per heavy atom. The molecule has 1 aromatic rings. The van der Waals surface area contributed by atoms with Crippen LogP contribution in [-0.2, 0) is 4.79 Å². The van der Waals surface area contributed by atoms with E-state index in [1.165, 1.54) is 0 Å². The van der Waals surface area contributed by atoms with Crippen LogP contribution < -0.4 is 20.1 Å². The summed E-state index contributed by atoms with van der Waals surface area (Å²) in [6.07, 6.45) is 0. The van der Waals surface area contributed by atoms with E-state index in [1.807, 2.05) is 6.07 Å².